The molecular formula is C25H22FN3O3. The van der Waals surface area contributed by atoms with E-state index in [-0.39, 0.29) is 24.8 Å². The van der Waals surface area contributed by atoms with E-state index in [1.54, 1.807) is 43.3 Å². The summed E-state index contributed by atoms with van der Waals surface area (Å²) in [5.74, 6) is -0.941. The first kappa shape index (κ1) is 21.2. The van der Waals surface area contributed by atoms with Gasteiger partial charge in [0.2, 0.25) is 5.91 Å². The summed E-state index contributed by atoms with van der Waals surface area (Å²) >= 11 is 0. The van der Waals surface area contributed by atoms with Crippen LogP contribution in [0, 0.1) is 5.82 Å². The molecule has 4 rings (SSSR count). The van der Waals surface area contributed by atoms with Crippen LogP contribution in [0.5, 0.6) is 0 Å². The van der Waals surface area contributed by atoms with Crippen LogP contribution < -0.4 is 5.32 Å². The van der Waals surface area contributed by atoms with Crippen molar-refractivity contribution in [2.24, 2.45) is 0 Å². The van der Waals surface area contributed by atoms with Gasteiger partial charge in [0.25, 0.3) is 0 Å². The number of imidazole rings is 1. The fraction of sp³-hybridized carbons (Fsp3) is 0.160. The second kappa shape index (κ2) is 9.43. The maximum atomic E-state index is 13.4. The number of aryl methyl sites for hydroxylation is 1. The Labute approximate surface area is 184 Å². The molecule has 0 unspecified atom stereocenters. The first-order valence-corrected chi connectivity index (χ1v) is 10.3. The van der Waals surface area contributed by atoms with E-state index in [1.165, 1.54) is 12.1 Å². The van der Waals surface area contributed by atoms with Crippen molar-refractivity contribution in [1.82, 2.24) is 9.38 Å². The number of carbonyl (C=O) groups is 2. The van der Waals surface area contributed by atoms with Crippen LogP contribution in [0.3, 0.4) is 0 Å². The average Bonchev–Trinajstić information content (AvgIpc) is 3.17. The number of hydrogen-bond acceptors (Lipinski definition) is 4. The minimum Gasteiger partial charge on any atom is -0.462 e. The van der Waals surface area contributed by atoms with Crippen LogP contribution in [0.2, 0.25) is 0 Å². The average molecular weight is 431 g/mol. The summed E-state index contributed by atoms with van der Waals surface area (Å²) in [4.78, 5) is 29.2. The normalized spacial score (nSPS) is 10.8. The summed E-state index contributed by atoms with van der Waals surface area (Å²) in [5.41, 5.74) is 4.02. The van der Waals surface area contributed by atoms with E-state index in [0.717, 1.165) is 16.9 Å². The predicted octanol–water partition coefficient (Wildman–Crippen LogP) is 4.89. The number of hydrogen-bond donors (Lipinski definition) is 1. The van der Waals surface area contributed by atoms with Crippen LogP contribution >= 0.6 is 0 Å². The first-order chi connectivity index (χ1) is 15.5. The molecule has 7 heteroatoms. The fourth-order valence-corrected chi connectivity index (χ4v) is 3.52. The molecule has 2 aromatic carbocycles. The third-order valence-corrected chi connectivity index (χ3v) is 4.99. The van der Waals surface area contributed by atoms with Crippen molar-refractivity contribution in [1.29, 1.82) is 0 Å². The predicted molar refractivity (Wildman–Crippen MR) is 120 cm³/mol. The Hall–Kier alpha value is -4.00. The second-order valence-corrected chi connectivity index (χ2v) is 7.19. The maximum Gasteiger partial charge on any atom is 0.338 e. The van der Waals surface area contributed by atoms with Gasteiger partial charge in [0.05, 0.1) is 23.6 Å². The molecule has 0 fully saturated rings. The van der Waals surface area contributed by atoms with E-state index in [2.05, 4.69) is 10.3 Å². The fourth-order valence-electron chi connectivity index (χ4n) is 3.52. The summed E-state index contributed by atoms with van der Waals surface area (Å²) in [6, 6.07) is 18.5. The SMILES string of the molecule is CCOC(=O)c1cccc(NC(=O)CCc2c(-c3ccc(F)cc3)nc3ccccn23)c1. The third kappa shape index (κ3) is 4.67. The Balaban J connectivity index is 1.52. The number of halogens is 1. The van der Waals surface area contributed by atoms with E-state index < -0.39 is 5.97 Å². The number of amides is 1. The molecule has 0 saturated carbocycles. The number of ether oxygens (including phenoxy) is 1. The van der Waals surface area contributed by atoms with Gasteiger partial charge in [0.1, 0.15) is 11.5 Å². The smallest absolute Gasteiger partial charge is 0.338 e. The molecule has 0 atom stereocenters. The van der Waals surface area contributed by atoms with Gasteiger partial charge in [0.15, 0.2) is 0 Å². The number of carbonyl (C=O) groups excluding carboxylic acids is 2. The van der Waals surface area contributed by atoms with E-state index >= 15 is 0 Å². The van der Waals surface area contributed by atoms with Crippen molar-refractivity contribution in [2.75, 3.05) is 11.9 Å². The number of rotatable bonds is 7. The summed E-state index contributed by atoms with van der Waals surface area (Å²) in [5, 5.41) is 2.83. The van der Waals surface area contributed by atoms with Crippen LogP contribution in [0.15, 0.2) is 72.9 Å². The standard InChI is InChI=1S/C25H22FN3O3/c1-2-32-25(31)18-6-5-7-20(16-18)27-23(30)14-13-21-24(17-9-11-19(26)12-10-17)28-22-8-3-4-15-29(21)22/h3-12,15-16H,2,13-14H2,1H3,(H,27,30). The first-order valence-electron chi connectivity index (χ1n) is 10.3. The number of esters is 1. The lowest BCUT2D eigenvalue weighted by Crippen LogP contribution is -2.14. The molecule has 6 nitrogen and oxygen atoms in total. The molecule has 0 bridgehead atoms. The highest BCUT2D eigenvalue weighted by atomic mass is 19.1. The van der Waals surface area contributed by atoms with Crippen LogP contribution in [0.25, 0.3) is 16.9 Å². The molecule has 0 radical (unpaired) electrons. The second-order valence-electron chi connectivity index (χ2n) is 7.19. The molecule has 0 aliphatic heterocycles. The zero-order valence-electron chi connectivity index (χ0n) is 17.5. The summed E-state index contributed by atoms with van der Waals surface area (Å²) in [6.07, 6.45) is 2.53. The Kier molecular flexibility index (Phi) is 6.26. The van der Waals surface area contributed by atoms with Crippen LogP contribution in [-0.4, -0.2) is 27.9 Å². The largest absolute Gasteiger partial charge is 0.462 e. The van der Waals surface area contributed by atoms with Crippen LogP contribution in [0.1, 0.15) is 29.4 Å². The monoisotopic (exact) mass is 431 g/mol. The molecule has 0 aliphatic carbocycles. The Morgan fingerprint density at radius 1 is 1.06 bits per heavy atom. The Morgan fingerprint density at radius 2 is 1.88 bits per heavy atom. The minimum atomic E-state index is -0.432. The molecule has 1 amide bonds. The Bertz CT molecular complexity index is 1270. The lowest BCUT2D eigenvalue weighted by molar-refractivity contribution is -0.116. The minimum absolute atomic E-state index is 0.193. The topological polar surface area (TPSA) is 72.7 Å². The van der Waals surface area contributed by atoms with E-state index in [4.69, 9.17) is 4.74 Å². The van der Waals surface area contributed by atoms with Gasteiger partial charge in [-0.1, -0.05) is 12.1 Å². The van der Waals surface area contributed by atoms with Crippen LogP contribution in [-0.2, 0) is 16.0 Å². The van der Waals surface area contributed by atoms with Gasteiger partial charge in [-0.15, -0.1) is 0 Å². The number of nitrogens with one attached hydrogen (secondary N) is 1. The molecule has 0 spiro atoms. The molecule has 4 aromatic rings. The van der Waals surface area contributed by atoms with Crippen molar-refractivity contribution in [3.8, 4) is 11.3 Å². The molecule has 32 heavy (non-hydrogen) atoms. The molecular weight excluding hydrogens is 409 g/mol. The van der Waals surface area contributed by atoms with E-state index in [0.29, 0.717) is 23.4 Å². The molecule has 0 saturated heterocycles. The lowest BCUT2D eigenvalue weighted by Gasteiger charge is -2.09. The number of pyridine rings is 1. The van der Waals surface area contributed by atoms with Gasteiger partial charge < -0.3 is 14.5 Å². The molecule has 1 N–H and O–H groups in total. The zero-order chi connectivity index (χ0) is 22.5. The summed E-state index contributed by atoms with van der Waals surface area (Å²) in [7, 11) is 0. The molecule has 2 heterocycles. The van der Waals surface area contributed by atoms with Crippen molar-refractivity contribution in [3.63, 3.8) is 0 Å². The van der Waals surface area contributed by atoms with Crippen molar-refractivity contribution in [2.45, 2.75) is 19.8 Å². The highest BCUT2D eigenvalue weighted by Crippen LogP contribution is 2.26. The number of anilines is 1. The third-order valence-electron chi connectivity index (χ3n) is 4.99. The van der Waals surface area contributed by atoms with Crippen molar-refractivity contribution in [3.05, 3.63) is 90.0 Å². The van der Waals surface area contributed by atoms with Crippen LogP contribution in [0.4, 0.5) is 10.1 Å². The molecule has 0 aliphatic rings. The number of benzene rings is 2. The van der Waals surface area contributed by atoms with E-state index in [9.17, 15) is 14.0 Å². The van der Waals surface area contributed by atoms with Gasteiger partial charge in [-0.2, -0.15) is 0 Å². The molecule has 162 valence electrons. The van der Waals surface area contributed by atoms with Gasteiger partial charge in [-0.3, -0.25) is 4.79 Å². The highest BCUT2D eigenvalue weighted by molar-refractivity contribution is 5.94. The van der Waals surface area contributed by atoms with Gasteiger partial charge in [-0.05, 0) is 67.9 Å². The summed E-state index contributed by atoms with van der Waals surface area (Å²) in [6.45, 7) is 2.02. The van der Waals surface area contributed by atoms with E-state index in [1.807, 2.05) is 28.8 Å². The zero-order valence-corrected chi connectivity index (χ0v) is 17.5. The quantitative estimate of drug-likeness (QED) is 0.423. The van der Waals surface area contributed by atoms with Gasteiger partial charge in [-0.25, -0.2) is 14.2 Å². The van der Waals surface area contributed by atoms with Crippen molar-refractivity contribution < 1.29 is 18.7 Å². The number of fused-ring (bicyclic) bond motifs is 1. The van der Waals surface area contributed by atoms with Crippen molar-refractivity contribution >= 4 is 23.2 Å². The number of aromatic nitrogens is 2. The molecule has 2 aromatic heterocycles. The highest BCUT2D eigenvalue weighted by Gasteiger charge is 2.16. The van der Waals surface area contributed by atoms with Gasteiger partial charge >= 0.3 is 5.97 Å². The lowest BCUT2D eigenvalue weighted by atomic mass is 10.1. The van der Waals surface area contributed by atoms with Gasteiger partial charge in [0, 0.05) is 23.9 Å². The maximum absolute atomic E-state index is 13.4. The summed E-state index contributed by atoms with van der Waals surface area (Å²) < 4.78 is 20.3. The number of nitrogens with zero attached hydrogens (tertiary/aromatic N) is 2. The Morgan fingerprint density at radius 3 is 2.66 bits per heavy atom.